The van der Waals surface area contributed by atoms with E-state index in [0.29, 0.717) is 42.6 Å². The van der Waals surface area contributed by atoms with Gasteiger partial charge >= 0.3 is 0 Å². The summed E-state index contributed by atoms with van der Waals surface area (Å²) in [7, 11) is 1.61. The number of hydrogen-bond acceptors (Lipinski definition) is 5. The van der Waals surface area contributed by atoms with E-state index in [2.05, 4.69) is 5.32 Å². The molecular weight excluding hydrogens is 346 g/mol. The van der Waals surface area contributed by atoms with Crippen molar-refractivity contribution in [1.82, 2.24) is 0 Å². The van der Waals surface area contributed by atoms with Crippen LogP contribution < -0.4 is 19.5 Å². The van der Waals surface area contributed by atoms with E-state index in [4.69, 9.17) is 18.9 Å². The van der Waals surface area contributed by atoms with Gasteiger partial charge in [-0.15, -0.1) is 0 Å². The molecule has 1 atom stereocenters. The van der Waals surface area contributed by atoms with Crippen LogP contribution in [0.15, 0.2) is 36.4 Å². The van der Waals surface area contributed by atoms with E-state index in [9.17, 15) is 4.79 Å². The second kappa shape index (κ2) is 8.77. The number of hydrogen-bond donors (Lipinski definition) is 1. The predicted octanol–water partition coefficient (Wildman–Crippen LogP) is 3.69. The molecule has 3 rings (SSSR count). The van der Waals surface area contributed by atoms with Crippen LogP contribution in [0.2, 0.25) is 0 Å². The standard InChI is InChI=1S/C21H25NO5/c1-4-25-20-12-15-11-14(2)27-19(15)13-17(20)22-21(23)16-7-5-6-8-18(16)26-10-9-24-3/h5-8,12-14H,4,9-11H2,1-3H3,(H,22,23). The minimum atomic E-state index is -0.269. The smallest absolute Gasteiger partial charge is 0.259 e. The molecule has 2 aromatic carbocycles. The van der Waals surface area contributed by atoms with Crippen LogP contribution >= 0.6 is 0 Å². The number of fused-ring (bicyclic) bond motifs is 1. The Kier molecular flexibility index (Phi) is 6.19. The van der Waals surface area contributed by atoms with E-state index in [-0.39, 0.29) is 12.0 Å². The Balaban J connectivity index is 1.83. The molecule has 1 N–H and O–H groups in total. The van der Waals surface area contributed by atoms with Crippen molar-refractivity contribution in [2.75, 3.05) is 32.2 Å². The van der Waals surface area contributed by atoms with Gasteiger partial charge < -0.3 is 24.3 Å². The topological polar surface area (TPSA) is 66.0 Å². The average Bonchev–Trinajstić information content (AvgIpc) is 3.01. The highest BCUT2D eigenvalue weighted by Crippen LogP contribution is 2.38. The quantitative estimate of drug-likeness (QED) is 0.717. The number of ether oxygens (including phenoxy) is 4. The zero-order valence-corrected chi connectivity index (χ0v) is 15.9. The maximum absolute atomic E-state index is 12.9. The summed E-state index contributed by atoms with van der Waals surface area (Å²) in [4.78, 5) is 12.9. The van der Waals surface area contributed by atoms with Gasteiger partial charge in [-0.3, -0.25) is 4.79 Å². The molecule has 6 heteroatoms. The van der Waals surface area contributed by atoms with Gasteiger partial charge in [0.2, 0.25) is 0 Å². The van der Waals surface area contributed by atoms with E-state index in [1.165, 1.54) is 0 Å². The number of benzene rings is 2. The van der Waals surface area contributed by atoms with Gasteiger partial charge in [-0.25, -0.2) is 0 Å². The van der Waals surface area contributed by atoms with Gasteiger partial charge in [-0.2, -0.15) is 0 Å². The third-order valence-electron chi connectivity index (χ3n) is 4.22. The summed E-state index contributed by atoms with van der Waals surface area (Å²) in [6.07, 6.45) is 0.954. The average molecular weight is 371 g/mol. The number of carbonyl (C=O) groups is 1. The molecule has 6 nitrogen and oxygen atoms in total. The summed E-state index contributed by atoms with van der Waals surface area (Å²) in [5.74, 6) is 1.66. The Hall–Kier alpha value is -2.73. The van der Waals surface area contributed by atoms with Crippen LogP contribution in [0, 0.1) is 0 Å². The third kappa shape index (κ3) is 4.52. The Bertz CT molecular complexity index is 805. The first-order chi connectivity index (χ1) is 13.1. The van der Waals surface area contributed by atoms with Gasteiger partial charge in [-0.05, 0) is 32.0 Å². The summed E-state index contributed by atoms with van der Waals surface area (Å²) in [6, 6.07) is 10.9. The van der Waals surface area contributed by atoms with Crippen molar-refractivity contribution in [3.63, 3.8) is 0 Å². The molecule has 27 heavy (non-hydrogen) atoms. The fourth-order valence-electron chi connectivity index (χ4n) is 3.02. The fourth-order valence-corrected chi connectivity index (χ4v) is 3.02. The fraction of sp³-hybridized carbons (Fsp3) is 0.381. The highest BCUT2D eigenvalue weighted by atomic mass is 16.5. The number of anilines is 1. The molecule has 0 fully saturated rings. The van der Waals surface area contributed by atoms with Gasteiger partial charge in [0, 0.05) is 25.2 Å². The van der Waals surface area contributed by atoms with Crippen molar-refractivity contribution in [3.05, 3.63) is 47.5 Å². The van der Waals surface area contributed by atoms with Crippen LogP contribution in [0.5, 0.6) is 17.2 Å². The summed E-state index contributed by atoms with van der Waals surface area (Å²) >= 11 is 0. The van der Waals surface area contributed by atoms with Crippen molar-refractivity contribution >= 4 is 11.6 Å². The largest absolute Gasteiger partial charge is 0.492 e. The lowest BCUT2D eigenvalue weighted by Crippen LogP contribution is -2.15. The van der Waals surface area contributed by atoms with Crippen molar-refractivity contribution in [3.8, 4) is 17.2 Å². The van der Waals surface area contributed by atoms with Crippen molar-refractivity contribution in [1.29, 1.82) is 0 Å². The van der Waals surface area contributed by atoms with E-state index < -0.39 is 0 Å². The Morgan fingerprint density at radius 2 is 2.00 bits per heavy atom. The summed E-state index contributed by atoms with van der Waals surface area (Å²) in [5, 5.41) is 2.93. The number of nitrogens with one attached hydrogen (secondary N) is 1. The van der Waals surface area contributed by atoms with Gasteiger partial charge in [0.15, 0.2) is 0 Å². The monoisotopic (exact) mass is 371 g/mol. The predicted molar refractivity (Wildman–Crippen MR) is 103 cm³/mol. The molecule has 1 amide bonds. The Labute approximate surface area is 159 Å². The zero-order chi connectivity index (χ0) is 19.2. The van der Waals surface area contributed by atoms with Gasteiger partial charge in [0.1, 0.15) is 30.0 Å². The molecule has 0 radical (unpaired) electrons. The number of rotatable bonds is 8. The molecule has 144 valence electrons. The van der Waals surface area contributed by atoms with Crippen LogP contribution in [-0.2, 0) is 11.2 Å². The summed E-state index contributed by atoms with van der Waals surface area (Å²) < 4.78 is 22.2. The molecule has 0 saturated heterocycles. The van der Waals surface area contributed by atoms with Crippen LogP contribution in [-0.4, -0.2) is 38.9 Å². The summed E-state index contributed by atoms with van der Waals surface area (Å²) in [5.41, 5.74) is 2.12. The molecule has 0 bridgehead atoms. The molecule has 0 saturated carbocycles. The van der Waals surface area contributed by atoms with Crippen LogP contribution in [0.1, 0.15) is 29.8 Å². The highest BCUT2D eigenvalue weighted by Gasteiger charge is 2.23. The first-order valence-corrected chi connectivity index (χ1v) is 9.10. The molecule has 1 aliphatic heterocycles. The third-order valence-corrected chi connectivity index (χ3v) is 4.22. The number of carbonyl (C=O) groups excluding carboxylic acids is 1. The minimum absolute atomic E-state index is 0.121. The second-order valence-corrected chi connectivity index (χ2v) is 6.31. The van der Waals surface area contributed by atoms with E-state index in [1.807, 2.05) is 32.0 Å². The van der Waals surface area contributed by atoms with Crippen LogP contribution in [0.4, 0.5) is 5.69 Å². The first-order valence-electron chi connectivity index (χ1n) is 9.10. The molecule has 0 aliphatic carbocycles. The van der Waals surface area contributed by atoms with Crippen molar-refractivity contribution in [2.24, 2.45) is 0 Å². The van der Waals surface area contributed by atoms with Crippen molar-refractivity contribution < 1.29 is 23.7 Å². The van der Waals surface area contributed by atoms with Gasteiger partial charge in [-0.1, -0.05) is 12.1 Å². The zero-order valence-electron chi connectivity index (χ0n) is 15.9. The normalized spacial score (nSPS) is 15.0. The molecule has 0 aromatic heterocycles. The lowest BCUT2D eigenvalue weighted by atomic mass is 10.1. The molecular formula is C21H25NO5. The van der Waals surface area contributed by atoms with E-state index >= 15 is 0 Å². The first kappa shape index (κ1) is 19.0. The lowest BCUT2D eigenvalue weighted by molar-refractivity contribution is 0.101. The summed E-state index contributed by atoms with van der Waals surface area (Å²) in [6.45, 7) is 5.26. The minimum Gasteiger partial charge on any atom is -0.492 e. The number of methoxy groups -OCH3 is 1. The van der Waals surface area contributed by atoms with Crippen molar-refractivity contribution in [2.45, 2.75) is 26.4 Å². The molecule has 1 unspecified atom stereocenters. The maximum atomic E-state index is 12.9. The molecule has 2 aromatic rings. The van der Waals surface area contributed by atoms with Gasteiger partial charge in [0.05, 0.1) is 24.5 Å². The maximum Gasteiger partial charge on any atom is 0.259 e. The molecule has 0 spiro atoms. The SMILES string of the molecule is CCOc1cc2c(cc1NC(=O)c1ccccc1OCCOC)OC(C)C2. The Morgan fingerprint density at radius 1 is 1.19 bits per heavy atom. The second-order valence-electron chi connectivity index (χ2n) is 6.31. The lowest BCUT2D eigenvalue weighted by Gasteiger charge is -2.15. The van der Waals surface area contributed by atoms with Gasteiger partial charge in [0.25, 0.3) is 5.91 Å². The Morgan fingerprint density at radius 3 is 2.78 bits per heavy atom. The van der Waals surface area contributed by atoms with E-state index in [0.717, 1.165) is 17.7 Å². The van der Waals surface area contributed by atoms with Crippen LogP contribution in [0.3, 0.4) is 0 Å². The number of para-hydroxylation sites is 1. The van der Waals surface area contributed by atoms with Crippen LogP contribution in [0.25, 0.3) is 0 Å². The molecule has 1 heterocycles. The van der Waals surface area contributed by atoms with E-state index in [1.54, 1.807) is 25.3 Å². The highest BCUT2D eigenvalue weighted by molar-refractivity contribution is 6.07. The molecule has 1 aliphatic rings. The number of amides is 1.